The van der Waals surface area contributed by atoms with E-state index in [1.165, 1.54) is 5.56 Å². The molecule has 0 heterocycles. The van der Waals surface area contributed by atoms with Crippen LogP contribution in [0.5, 0.6) is 0 Å². The van der Waals surface area contributed by atoms with E-state index in [4.69, 9.17) is 0 Å². The standard InChI is InChI=1S/C13H19BrN2O/c1-3-12(16-9-13(17)15-4-2)10-7-5-6-8-11(10)14/h5-8,12,16H,3-4,9H2,1-2H3,(H,15,17). The van der Waals surface area contributed by atoms with E-state index >= 15 is 0 Å². The first-order chi connectivity index (χ1) is 8.19. The fourth-order valence-electron chi connectivity index (χ4n) is 1.71. The fraction of sp³-hybridized carbons (Fsp3) is 0.462. The Hall–Kier alpha value is -0.870. The van der Waals surface area contributed by atoms with Gasteiger partial charge in [-0.25, -0.2) is 0 Å². The number of benzene rings is 1. The molecule has 17 heavy (non-hydrogen) atoms. The highest BCUT2D eigenvalue weighted by atomic mass is 79.9. The third-order valence-corrected chi connectivity index (χ3v) is 3.29. The molecule has 1 atom stereocenters. The first-order valence-electron chi connectivity index (χ1n) is 5.93. The van der Waals surface area contributed by atoms with Crippen molar-refractivity contribution < 1.29 is 4.79 Å². The van der Waals surface area contributed by atoms with Gasteiger partial charge in [-0.3, -0.25) is 4.79 Å². The molecular weight excluding hydrogens is 280 g/mol. The lowest BCUT2D eigenvalue weighted by atomic mass is 10.0. The summed E-state index contributed by atoms with van der Waals surface area (Å²) in [6.07, 6.45) is 0.946. The second-order valence-electron chi connectivity index (χ2n) is 3.82. The molecule has 0 aliphatic carbocycles. The molecule has 1 aromatic rings. The number of hydrogen-bond acceptors (Lipinski definition) is 2. The SMILES string of the molecule is CCNC(=O)CNC(CC)c1ccccc1Br. The predicted molar refractivity (Wildman–Crippen MR) is 73.9 cm³/mol. The van der Waals surface area contributed by atoms with Crippen LogP contribution in [0.15, 0.2) is 28.7 Å². The number of rotatable bonds is 6. The summed E-state index contributed by atoms with van der Waals surface area (Å²) in [5, 5.41) is 6.05. The van der Waals surface area contributed by atoms with Gasteiger partial charge in [0.05, 0.1) is 6.54 Å². The van der Waals surface area contributed by atoms with E-state index in [0.29, 0.717) is 13.1 Å². The van der Waals surface area contributed by atoms with E-state index in [2.05, 4.69) is 39.6 Å². The van der Waals surface area contributed by atoms with Crippen molar-refractivity contribution in [2.75, 3.05) is 13.1 Å². The Kier molecular flexibility index (Phi) is 6.22. The van der Waals surface area contributed by atoms with Crippen molar-refractivity contribution in [2.45, 2.75) is 26.3 Å². The molecule has 1 rings (SSSR count). The van der Waals surface area contributed by atoms with E-state index < -0.39 is 0 Å². The van der Waals surface area contributed by atoms with Crippen molar-refractivity contribution in [1.82, 2.24) is 10.6 Å². The van der Waals surface area contributed by atoms with Gasteiger partial charge in [0.25, 0.3) is 0 Å². The zero-order chi connectivity index (χ0) is 12.7. The van der Waals surface area contributed by atoms with E-state index in [0.717, 1.165) is 10.9 Å². The number of amides is 1. The summed E-state index contributed by atoms with van der Waals surface area (Å²) in [7, 11) is 0. The molecule has 0 spiro atoms. The fourth-order valence-corrected chi connectivity index (χ4v) is 2.27. The van der Waals surface area contributed by atoms with E-state index in [1.807, 2.05) is 25.1 Å². The molecule has 4 heteroatoms. The molecule has 0 radical (unpaired) electrons. The summed E-state index contributed by atoms with van der Waals surface area (Å²) in [5.74, 6) is 0.0398. The van der Waals surface area contributed by atoms with Crippen LogP contribution < -0.4 is 10.6 Å². The summed E-state index contributed by atoms with van der Waals surface area (Å²) in [6.45, 7) is 5.05. The van der Waals surface area contributed by atoms with Gasteiger partial charge in [0.1, 0.15) is 0 Å². The molecule has 0 saturated carbocycles. The number of hydrogen-bond donors (Lipinski definition) is 2. The van der Waals surface area contributed by atoms with Gasteiger partial charge in [0, 0.05) is 17.1 Å². The van der Waals surface area contributed by atoms with Crippen LogP contribution in [-0.4, -0.2) is 19.0 Å². The van der Waals surface area contributed by atoms with E-state index in [9.17, 15) is 4.79 Å². The van der Waals surface area contributed by atoms with Crippen LogP contribution >= 0.6 is 15.9 Å². The molecule has 3 nitrogen and oxygen atoms in total. The maximum Gasteiger partial charge on any atom is 0.233 e. The van der Waals surface area contributed by atoms with Gasteiger partial charge in [0.15, 0.2) is 0 Å². The molecule has 0 aromatic heterocycles. The maximum atomic E-state index is 11.4. The first-order valence-corrected chi connectivity index (χ1v) is 6.72. The molecule has 0 aliphatic heterocycles. The van der Waals surface area contributed by atoms with Crippen LogP contribution in [0.4, 0.5) is 0 Å². The van der Waals surface area contributed by atoms with Crippen molar-refractivity contribution in [3.63, 3.8) is 0 Å². The lowest BCUT2D eigenvalue weighted by Crippen LogP contribution is -2.35. The molecule has 0 aliphatic rings. The Bertz CT molecular complexity index is 368. The van der Waals surface area contributed by atoms with Crippen molar-refractivity contribution in [1.29, 1.82) is 0 Å². The van der Waals surface area contributed by atoms with Crippen LogP contribution in [0.2, 0.25) is 0 Å². The highest BCUT2D eigenvalue weighted by Crippen LogP contribution is 2.24. The number of halogens is 1. The van der Waals surface area contributed by atoms with Gasteiger partial charge in [-0.1, -0.05) is 41.1 Å². The number of nitrogens with one attached hydrogen (secondary N) is 2. The Morgan fingerprint density at radius 3 is 2.65 bits per heavy atom. The summed E-state index contributed by atoms with van der Waals surface area (Å²) in [4.78, 5) is 11.4. The minimum absolute atomic E-state index is 0.0398. The monoisotopic (exact) mass is 298 g/mol. The molecule has 94 valence electrons. The van der Waals surface area contributed by atoms with Gasteiger partial charge in [-0.2, -0.15) is 0 Å². The third-order valence-electron chi connectivity index (χ3n) is 2.57. The number of likely N-dealkylation sites (N-methyl/N-ethyl adjacent to an activating group) is 1. The average Bonchev–Trinajstić information content (AvgIpc) is 2.32. The Morgan fingerprint density at radius 2 is 2.06 bits per heavy atom. The minimum atomic E-state index is 0.0398. The van der Waals surface area contributed by atoms with E-state index in [1.54, 1.807) is 0 Å². The number of carbonyl (C=O) groups is 1. The Labute approximate surface area is 111 Å². The van der Waals surface area contributed by atoms with E-state index in [-0.39, 0.29) is 11.9 Å². The zero-order valence-corrected chi connectivity index (χ0v) is 11.9. The Morgan fingerprint density at radius 1 is 1.35 bits per heavy atom. The quantitative estimate of drug-likeness (QED) is 0.848. The smallest absolute Gasteiger partial charge is 0.233 e. The highest BCUT2D eigenvalue weighted by molar-refractivity contribution is 9.10. The van der Waals surface area contributed by atoms with Crippen molar-refractivity contribution >= 4 is 21.8 Å². The van der Waals surface area contributed by atoms with Crippen LogP contribution in [0.1, 0.15) is 31.9 Å². The van der Waals surface area contributed by atoms with Crippen LogP contribution in [0.25, 0.3) is 0 Å². The molecular formula is C13H19BrN2O. The normalized spacial score (nSPS) is 12.2. The molecule has 1 amide bonds. The molecule has 0 saturated heterocycles. The first kappa shape index (κ1) is 14.2. The third kappa shape index (κ3) is 4.48. The van der Waals surface area contributed by atoms with Crippen molar-refractivity contribution in [3.05, 3.63) is 34.3 Å². The molecule has 2 N–H and O–H groups in total. The largest absolute Gasteiger partial charge is 0.355 e. The Balaban J connectivity index is 2.60. The molecule has 1 aromatic carbocycles. The van der Waals surface area contributed by atoms with Gasteiger partial charge < -0.3 is 10.6 Å². The number of carbonyl (C=O) groups excluding carboxylic acids is 1. The topological polar surface area (TPSA) is 41.1 Å². The lowest BCUT2D eigenvalue weighted by molar-refractivity contribution is -0.120. The van der Waals surface area contributed by atoms with Gasteiger partial charge in [0.2, 0.25) is 5.91 Å². The second-order valence-corrected chi connectivity index (χ2v) is 4.67. The summed E-state index contributed by atoms with van der Waals surface area (Å²) in [5.41, 5.74) is 1.19. The minimum Gasteiger partial charge on any atom is -0.355 e. The van der Waals surface area contributed by atoms with Crippen LogP contribution in [0.3, 0.4) is 0 Å². The average molecular weight is 299 g/mol. The van der Waals surface area contributed by atoms with Gasteiger partial charge in [-0.15, -0.1) is 0 Å². The van der Waals surface area contributed by atoms with Gasteiger partial charge in [-0.05, 0) is 25.0 Å². The van der Waals surface area contributed by atoms with Crippen molar-refractivity contribution in [3.8, 4) is 0 Å². The maximum absolute atomic E-state index is 11.4. The van der Waals surface area contributed by atoms with Gasteiger partial charge >= 0.3 is 0 Å². The van der Waals surface area contributed by atoms with Crippen molar-refractivity contribution in [2.24, 2.45) is 0 Å². The molecule has 0 fully saturated rings. The highest BCUT2D eigenvalue weighted by Gasteiger charge is 2.12. The predicted octanol–water partition coefficient (Wildman–Crippen LogP) is 2.63. The molecule has 1 unspecified atom stereocenters. The van der Waals surface area contributed by atoms with Crippen LogP contribution in [0, 0.1) is 0 Å². The lowest BCUT2D eigenvalue weighted by Gasteiger charge is -2.18. The van der Waals surface area contributed by atoms with Crippen LogP contribution in [-0.2, 0) is 4.79 Å². The second kappa shape index (κ2) is 7.45. The summed E-state index contributed by atoms with van der Waals surface area (Å²) in [6, 6.07) is 8.29. The summed E-state index contributed by atoms with van der Waals surface area (Å²) < 4.78 is 1.08. The zero-order valence-electron chi connectivity index (χ0n) is 10.3. The summed E-state index contributed by atoms with van der Waals surface area (Å²) >= 11 is 3.53. The molecule has 0 bridgehead atoms.